The molecule has 0 aromatic rings. The van der Waals surface area contributed by atoms with Gasteiger partial charge in [-0.3, -0.25) is 4.99 Å². The van der Waals surface area contributed by atoms with E-state index in [1.54, 1.807) is 16.1 Å². The summed E-state index contributed by atoms with van der Waals surface area (Å²) in [6.07, 6.45) is 4.41. The molecule has 0 atom stereocenters. The highest BCUT2D eigenvalue weighted by Gasteiger charge is 2.27. The van der Waals surface area contributed by atoms with Crippen LogP contribution in [0, 0.1) is 0 Å². The fraction of sp³-hybridized carbons (Fsp3) is 0.938. The number of rotatable bonds is 8. The number of nitrogens with zero attached hydrogens (tertiary/aromatic N) is 2. The van der Waals surface area contributed by atoms with Gasteiger partial charge in [0.25, 0.3) is 0 Å². The lowest BCUT2D eigenvalue weighted by molar-refractivity contribution is 0.306. The molecule has 24 heavy (non-hydrogen) atoms. The molecule has 1 saturated heterocycles. The van der Waals surface area contributed by atoms with Crippen molar-refractivity contribution in [3.63, 3.8) is 0 Å². The topological polar surface area (TPSA) is 73.8 Å². The van der Waals surface area contributed by atoms with Gasteiger partial charge in [0, 0.05) is 30.4 Å². The number of thioether (sulfide) groups is 1. The third-order valence-electron chi connectivity index (χ3n) is 4.16. The van der Waals surface area contributed by atoms with Gasteiger partial charge in [0.05, 0.1) is 12.3 Å². The summed E-state index contributed by atoms with van der Waals surface area (Å²) in [5.41, 5.74) is 0. The summed E-state index contributed by atoms with van der Waals surface area (Å²) in [4.78, 5) is 4.69. The maximum absolute atomic E-state index is 12.1. The van der Waals surface area contributed by atoms with Crippen LogP contribution < -0.4 is 10.6 Å². The molecule has 0 saturated carbocycles. The van der Waals surface area contributed by atoms with E-state index in [1.165, 1.54) is 0 Å². The molecule has 0 bridgehead atoms. The molecule has 8 heteroatoms. The molecule has 0 spiro atoms. The van der Waals surface area contributed by atoms with Gasteiger partial charge in [0.1, 0.15) is 0 Å². The smallest absolute Gasteiger partial charge is 0.214 e. The minimum Gasteiger partial charge on any atom is -0.357 e. The average Bonchev–Trinajstić information content (AvgIpc) is 2.53. The largest absolute Gasteiger partial charge is 0.357 e. The summed E-state index contributed by atoms with van der Waals surface area (Å²) in [5, 5.41) is 6.75. The van der Waals surface area contributed by atoms with E-state index in [0.717, 1.165) is 31.9 Å². The van der Waals surface area contributed by atoms with Crippen molar-refractivity contribution in [1.82, 2.24) is 14.9 Å². The molecule has 0 aliphatic carbocycles. The highest BCUT2D eigenvalue weighted by Crippen LogP contribution is 2.21. The van der Waals surface area contributed by atoms with Crippen LogP contribution in [0.3, 0.4) is 0 Å². The van der Waals surface area contributed by atoms with Crippen LogP contribution in [0.5, 0.6) is 0 Å². The zero-order chi connectivity index (χ0) is 18.2. The Labute approximate surface area is 152 Å². The minimum absolute atomic E-state index is 0.111. The monoisotopic (exact) mass is 378 g/mol. The standard InChI is InChI=1S/C16H34N4O2S2/c1-6-12-24(21,22)20-10-8-14(9-11-20)19-15(17-7-2)18-13-16(3,4)23-5/h14H,6-13H2,1-5H3,(H2,17,18,19). The first-order valence-corrected chi connectivity index (χ1v) is 11.6. The van der Waals surface area contributed by atoms with Crippen molar-refractivity contribution >= 4 is 27.7 Å². The number of sulfonamides is 1. The summed E-state index contributed by atoms with van der Waals surface area (Å²) in [7, 11) is -3.07. The SMILES string of the molecule is CCCS(=O)(=O)N1CCC(NC(=NCC(C)(C)SC)NCC)CC1. The van der Waals surface area contributed by atoms with Crippen LogP contribution >= 0.6 is 11.8 Å². The Bertz CT molecular complexity index is 498. The molecule has 1 rings (SSSR count). The van der Waals surface area contributed by atoms with E-state index in [-0.39, 0.29) is 16.5 Å². The summed E-state index contributed by atoms with van der Waals surface area (Å²) in [6.45, 7) is 11.1. The average molecular weight is 379 g/mol. The van der Waals surface area contributed by atoms with Crippen molar-refractivity contribution < 1.29 is 8.42 Å². The molecule has 6 nitrogen and oxygen atoms in total. The molecule has 1 fully saturated rings. The van der Waals surface area contributed by atoms with E-state index in [2.05, 4.69) is 42.7 Å². The highest BCUT2D eigenvalue weighted by molar-refractivity contribution is 7.99. The predicted molar refractivity (Wildman–Crippen MR) is 105 cm³/mol. The molecular weight excluding hydrogens is 344 g/mol. The summed E-state index contributed by atoms with van der Waals surface area (Å²) in [5.74, 6) is 1.08. The van der Waals surface area contributed by atoms with E-state index < -0.39 is 10.0 Å². The Hall–Kier alpha value is -0.470. The molecule has 142 valence electrons. The van der Waals surface area contributed by atoms with Gasteiger partial charge in [-0.2, -0.15) is 11.8 Å². The number of piperidine rings is 1. The van der Waals surface area contributed by atoms with Gasteiger partial charge < -0.3 is 10.6 Å². The lowest BCUT2D eigenvalue weighted by Crippen LogP contribution is -2.50. The molecule has 1 aliphatic heterocycles. The van der Waals surface area contributed by atoms with Crippen molar-refractivity contribution in [2.75, 3.05) is 38.2 Å². The molecule has 0 unspecified atom stereocenters. The van der Waals surface area contributed by atoms with Crippen LogP contribution in [0.25, 0.3) is 0 Å². The van der Waals surface area contributed by atoms with Crippen molar-refractivity contribution in [2.45, 2.75) is 57.7 Å². The Kier molecular flexibility index (Phi) is 8.87. The van der Waals surface area contributed by atoms with Crippen molar-refractivity contribution in [1.29, 1.82) is 0 Å². The Morgan fingerprint density at radius 1 is 1.29 bits per heavy atom. The lowest BCUT2D eigenvalue weighted by atomic mass is 10.1. The maximum Gasteiger partial charge on any atom is 0.214 e. The molecule has 1 aliphatic rings. The van der Waals surface area contributed by atoms with E-state index in [1.807, 2.05) is 6.92 Å². The first kappa shape index (κ1) is 21.6. The van der Waals surface area contributed by atoms with E-state index in [4.69, 9.17) is 0 Å². The third-order valence-corrected chi connectivity index (χ3v) is 7.48. The first-order valence-electron chi connectivity index (χ1n) is 8.82. The van der Waals surface area contributed by atoms with Crippen molar-refractivity contribution in [3.8, 4) is 0 Å². The second-order valence-electron chi connectivity index (χ2n) is 6.79. The number of nitrogens with one attached hydrogen (secondary N) is 2. The quantitative estimate of drug-likeness (QED) is 0.498. The molecule has 0 radical (unpaired) electrons. The third kappa shape index (κ3) is 7.19. The Morgan fingerprint density at radius 2 is 1.92 bits per heavy atom. The van der Waals surface area contributed by atoms with Gasteiger partial charge in [-0.05, 0) is 46.3 Å². The maximum atomic E-state index is 12.1. The molecule has 1 heterocycles. The minimum atomic E-state index is -3.07. The first-order chi connectivity index (χ1) is 11.2. The molecule has 0 aromatic heterocycles. The van der Waals surface area contributed by atoms with Gasteiger partial charge in [0.15, 0.2) is 5.96 Å². The number of guanidine groups is 1. The molecular formula is C16H34N4O2S2. The van der Waals surface area contributed by atoms with Crippen LogP contribution in [0.15, 0.2) is 4.99 Å². The summed E-state index contributed by atoms with van der Waals surface area (Å²) < 4.78 is 26.0. The van der Waals surface area contributed by atoms with Crippen LogP contribution in [0.2, 0.25) is 0 Å². The van der Waals surface area contributed by atoms with Gasteiger partial charge in [-0.15, -0.1) is 0 Å². The lowest BCUT2D eigenvalue weighted by Gasteiger charge is -2.32. The normalized spacial score (nSPS) is 18.6. The van der Waals surface area contributed by atoms with Crippen molar-refractivity contribution in [3.05, 3.63) is 0 Å². The zero-order valence-corrected chi connectivity index (χ0v) is 17.4. The van der Waals surface area contributed by atoms with E-state index >= 15 is 0 Å². The Balaban J connectivity index is 2.57. The fourth-order valence-corrected chi connectivity index (χ4v) is 4.25. The molecule has 2 N–H and O–H groups in total. The van der Waals surface area contributed by atoms with Gasteiger partial charge in [-0.25, -0.2) is 12.7 Å². The predicted octanol–water partition coefficient (Wildman–Crippen LogP) is 1.89. The van der Waals surface area contributed by atoms with Crippen LogP contribution in [0.4, 0.5) is 0 Å². The Morgan fingerprint density at radius 3 is 2.42 bits per heavy atom. The number of aliphatic imine (C=N–C) groups is 1. The highest BCUT2D eigenvalue weighted by atomic mass is 32.2. The molecule has 0 aromatic carbocycles. The number of hydrogen-bond donors (Lipinski definition) is 2. The summed E-state index contributed by atoms with van der Waals surface area (Å²) >= 11 is 1.80. The summed E-state index contributed by atoms with van der Waals surface area (Å²) in [6, 6.07) is 0.272. The van der Waals surface area contributed by atoms with Crippen molar-refractivity contribution in [2.24, 2.45) is 4.99 Å². The van der Waals surface area contributed by atoms with Gasteiger partial charge in [0.2, 0.25) is 10.0 Å². The van der Waals surface area contributed by atoms with E-state index in [0.29, 0.717) is 19.5 Å². The van der Waals surface area contributed by atoms with Crippen LogP contribution in [0.1, 0.15) is 47.0 Å². The van der Waals surface area contributed by atoms with Crippen LogP contribution in [-0.2, 0) is 10.0 Å². The van der Waals surface area contributed by atoms with Gasteiger partial charge in [-0.1, -0.05) is 6.92 Å². The van der Waals surface area contributed by atoms with Gasteiger partial charge >= 0.3 is 0 Å². The number of hydrogen-bond acceptors (Lipinski definition) is 4. The second-order valence-corrected chi connectivity index (χ2v) is 10.4. The zero-order valence-electron chi connectivity index (χ0n) is 15.8. The second kappa shape index (κ2) is 9.87. The molecule has 0 amide bonds. The van der Waals surface area contributed by atoms with Crippen LogP contribution in [-0.4, -0.2) is 67.7 Å². The van der Waals surface area contributed by atoms with E-state index in [9.17, 15) is 8.42 Å². The fourth-order valence-electron chi connectivity index (χ4n) is 2.51.